The van der Waals surface area contributed by atoms with Gasteiger partial charge in [0.1, 0.15) is 5.75 Å². The molecule has 0 radical (unpaired) electrons. The summed E-state index contributed by atoms with van der Waals surface area (Å²) in [4.78, 5) is 34.1. The highest BCUT2D eigenvalue weighted by molar-refractivity contribution is 6.04. The van der Waals surface area contributed by atoms with E-state index in [0.29, 0.717) is 29.8 Å². The maximum absolute atomic E-state index is 12.2. The molecule has 0 aromatic heterocycles. The Labute approximate surface area is 161 Å². The Balaban J connectivity index is 2.16. The first-order valence-corrected chi connectivity index (χ1v) is 8.54. The topological polar surface area (TPSA) is 134 Å². The lowest BCUT2D eigenvalue weighted by Gasteiger charge is -2.09. The number of non-ortho nitro benzene ring substituents is 1. The number of benzene rings is 2. The molecular weight excluding hydrogens is 364 g/mol. The molecule has 0 heterocycles. The largest absolute Gasteiger partial charge is 0.507 e. The van der Waals surface area contributed by atoms with E-state index in [2.05, 4.69) is 15.8 Å². The zero-order valence-corrected chi connectivity index (χ0v) is 15.4. The molecule has 0 bridgehead atoms. The van der Waals surface area contributed by atoms with Crippen LogP contribution in [-0.2, 0) is 4.79 Å². The van der Waals surface area contributed by atoms with Gasteiger partial charge in [-0.1, -0.05) is 13.0 Å². The molecule has 146 valence electrons. The second-order valence-corrected chi connectivity index (χ2v) is 5.98. The highest BCUT2D eigenvalue weighted by Gasteiger charge is 2.12. The van der Waals surface area contributed by atoms with Crippen LogP contribution in [0, 0.1) is 10.1 Å². The molecule has 2 amide bonds. The summed E-state index contributed by atoms with van der Waals surface area (Å²) in [6.07, 6.45) is 1.09. The summed E-state index contributed by atoms with van der Waals surface area (Å²) >= 11 is 0. The minimum atomic E-state index is -0.630. The summed E-state index contributed by atoms with van der Waals surface area (Å²) < 4.78 is 0. The third-order valence-electron chi connectivity index (χ3n) is 3.79. The van der Waals surface area contributed by atoms with Crippen molar-refractivity contribution in [2.24, 2.45) is 5.10 Å². The van der Waals surface area contributed by atoms with Gasteiger partial charge < -0.3 is 10.4 Å². The minimum absolute atomic E-state index is 0.0701. The molecule has 0 atom stereocenters. The van der Waals surface area contributed by atoms with Gasteiger partial charge in [-0.05, 0) is 37.6 Å². The predicted octanol–water partition coefficient (Wildman–Crippen LogP) is 3.19. The molecule has 0 fully saturated rings. The van der Waals surface area contributed by atoms with Gasteiger partial charge in [0, 0.05) is 35.4 Å². The van der Waals surface area contributed by atoms with E-state index in [0.717, 1.165) is 6.07 Å². The third-order valence-corrected chi connectivity index (χ3v) is 3.79. The molecule has 0 aliphatic rings. The fourth-order valence-corrected chi connectivity index (χ4v) is 2.37. The zero-order valence-electron chi connectivity index (χ0n) is 15.4. The first-order chi connectivity index (χ1) is 13.3. The molecule has 0 aliphatic carbocycles. The van der Waals surface area contributed by atoms with Crippen molar-refractivity contribution < 1.29 is 19.6 Å². The van der Waals surface area contributed by atoms with Crippen molar-refractivity contribution in [3.63, 3.8) is 0 Å². The van der Waals surface area contributed by atoms with Gasteiger partial charge in [0.15, 0.2) is 0 Å². The molecule has 2 aromatic rings. The number of hydrogen-bond donors (Lipinski definition) is 3. The fraction of sp³-hybridized carbons (Fsp3) is 0.211. The number of hydrogen-bond acceptors (Lipinski definition) is 6. The number of nitrogens with zero attached hydrogens (tertiary/aromatic N) is 2. The predicted molar refractivity (Wildman–Crippen MR) is 104 cm³/mol. The zero-order chi connectivity index (χ0) is 20.7. The van der Waals surface area contributed by atoms with Gasteiger partial charge >= 0.3 is 0 Å². The van der Waals surface area contributed by atoms with Crippen molar-refractivity contribution in [3.8, 4) is 5.75 Å². The maximum Gasteiger partial charge on any atom is 0.271 e. The molecule has 2 rings (SSSR count). The van der Waals surface area contributed by atoms with Crippen LogP contribution in [0.1, 0.15) is 42.6 Å². The van der Waals surface area contributed by atoms with Crippen molar-refractivity contribution in [3.05, 3.63) is 63.7 Å². The average molecular weight is 384 g/mol. The third kappa shape index (κ3) is 5.37. The van der Waals surface area contributed by atoms with Gasteiger partial charge in [-0.3, -0.25) is 19.7 Å². The van der Waals surface area contributed by atoms with Crippen molar-refractivity contribution in [1.29, 1.82) is 0 Å². The van der Waals surface area contributed by atoms with Crippen LogP contribution in [0.5, 0.6) is 5.75 Å². The Kier molecular flexibility index (Phi) is 6.80. The minimum Gasteiger partial charge on any atom is -0.507 e. The van der Waals surface area contributed by atoms with E-state index >= 15 is 0 Å². The van der Waals surface area contributed by atoms with Crippen LogP contribution in [0.25, 0.3) is 0 Å². The summed E-state index contributed by atoms with van der Waals surface area (Å²) in [6.45, 7) is 3.46. The van der Waals surface area contributed by atoms with Gasteiger partial charge in [-0.2, -0.15) is 5.10 Å². The number of nitrogens with one attached hydrogen (secondary N) is 2. The average Bonchev–Trinajstić information content (AvgIpc) is 2.67. The van der Waals surface area contributed by atoms with Crippen molar-refractivity contribution >= 4 is 28.9 Å². The molecule has 0 unspecified atom stereocenters. The maximum atomic E-state index is 12.2. The van der Waals surface area contributed by atoms with Crippen molar-refractivity contribution in [2.45, 2.75) is 26.7 Å². The quantitative estimate of drug-likeness (QED) is 0.292. The summed E-state index contributed by atoms with van der Waals surface area (Å²) in [5, 5.41) is 27.5. The van der Waals surface area contributed by atoms with Gasteiger partial charge in [-0.15, -0.1) is 0 Å². The molecule has 0 saturated carbocycles. The van der Waals surface area contributed by atoms with Crippen LogP contribution < -0.4 is 10.7 Å². The standard InChI is InChI=1S/C19H20N4O5/c1-3-5-18(25)20-14-8-9-17(24)16(11-14)12(2)21-22-19(26)13-6-4-7-15(10-13)23(27)28/h4,6-11,24H,3,5H2,1-2H3,(H,20,25)(H,22,26)/b21-12+. The number of carbonyl (C=O) groups is 2. The molecular formula is C19H20N4O5. The Bertz CT molecular complexity index is 940. The Morgan fingerprint density at radius 3 is 2.64 bits per heavy atom. The Morgan fingerprint density at radius 1 is 1.21 bits per heavy atom. The number of nitro benzene ring substituents is 1. The Hall–Kier alpha value is -3.75. The molecule has 9 nitrogen and oxygen atoms in total. The highest BCUT2D eigenvalue weighted by Crippen LogP contribution is 2.22. The molecule has 2 aromatic carbocycles. The van der Waals surface area contributed by atoms with Crippen LogP contribution in [0.15, 0.2) is 47.6 Å². The number of rotatable bonds is 7. The SMILES string of the molecule is CCCC(=O)Nc1ccc(O)c(/C(C)=N/NC(=O)c2cccc([N+](=O)[O-])c2)c1. The lowest BCUT2D eigenvalue weighted by atomic mass is 10.1. The normalized spacial score (nSPS) is 11.0. The number of carbonyl (C=O) groups excluding carboxylic acids is 2. The first kappa shape index (κ1) is 20.6. The van der Waals surface area contributed by atoms with Gasteiger partial charge in [0.25, 0.3) is 11.6 Å². The van der Waals surface area contributed by atoms with Gasteiger partial charge in [0.05, 0.1) is 10.6 Å². The van der Waals surface area contributed by atoms with E-state index in [-0.39, 0.29) is 22.9 Å². The molecule has 28 heavy (non-hydrogen) atoms. The van der Waals surface area contributed by atoms with Crippen molar-refractivity contribution in [2.75, 3.05) is 5.32 Å². The lowest BCUT2D eigenvalue weighted by Crippen LogP contribution is -2.19. The smallest absolute Gasteiger partial charge is 0.271 e. The van der Waals surface area contributed by atoms with Crippen LogP contribution in [0.2, 0.25) is 0 Å². The number of anilines is 1. The number of phenolic OH excluding ortho intramolecular Hbond substituents is 1. The Morgan fingerprint density at radius 2 is 1.96 bits per heavy atom. The second kappa shape index (κ2) is 9.26. The summed E-state index contributed by atoms with van der Waals surface area (Å²) in [6, 6.07) is 9.76. The number of amides is 2. The fourth-order valence-electron chi connectivity index (χ4n) is 2.37. The number of hydrazone groups is 1. The second-order valence-electron chi connectivity index (χ2n) is 5.98. The van der Waals surface area contributed by atoms with E-state index in [1.54, 1.807) is 19.1 Å². The summed E-state index contributed by atoms with van der Waals surface area (Å²) in [7, 11) is 0. The molecule has 3 N–H and O–H groups in total. The number of phenols is 1. The molecule has 9 heteroatoms. The van der Waals surface area contributed by atoms with Gasteiger partial charge in [0.2, 0.25) is 5.91 Å². The van der Waals surface area contributed by atoms with E-state index in [4.69, 9.17) is 0 Å². The molecule has 0 spiro atoms. The van der Waals surface area contributed by atoms with Gasteiger partial charge in [-0.25, -0.2) is 5.43 Å². The number of aromatic hydroxyl groups is 1. The molecule has 0 saturated heterocycles. The van der Waals surface area contributed by atoms with E-state index in [9.17, 15) is 24.8 Å². The van der Waals surface area contributed by atoms with E-state index in [1.807, 2.05) is 6.92 Å². The molecule has 0 aliphatic heterocycles. The van der Waals surface area contributed by atoms with Crippen LogP contribution >= 0.6 is 0 Å². The monoisotopic (exact) mass is 384 g/mol. The van der Waals surface area contributed by atoms with E-state index < -0.39 is 10.8 Å². The highest BCUT2D eigenvalue weighted by atomic mass is 16.6. The number of nitro groups is 1. The van der Waals surface area contributed by atoms with E-state index in [1.165, 1.54) is 24.3 Å². The van der Waals surface area contributed by atoms with Crippen LogP contribution in [-0.4, -0.2) is 27.6 Å². The lowest BCUT2D eigenvalue weighted by molar-refractivity contribution is -0.384. The summed E-state index contributed by atoms with van der Waals surface area (Å²) in [5.74, 6) is -0.845. The van der Waals surface area contributed by atoms with Crippen molar-refractivity contribution in [1.82, 2.24) is 5.43 Å². The first-order valence-electron chi connectivity index (χ1n) is 8.54. The van der Waals surface area contributed by atoms with Crippen LogP contribution in [0.4, 0.5) is 11.4 Å². The van der Waals surface area contributed by atoms with Crippen LogP contribution in [0.3, 0.4) is 0 Å². The summed E-state index contributed by atoms with van der Waals surface area (Å²) in [5.41, 5.74) is 3.28.